The molecule has 0 amide bonds. The molecule has 0 fully saturated rings. The number of hydrogen-bond acceptors (Lipinski definition) is 2. The van der Waals surface area contributed by atoms with Crippen molar-refractivity contribution in [1.82, 2.24) is 0 Å². The fourth-order valence-electron chi connectivity index (χ4n) is 1.61. The second-order valence-corrected chi connectivity index (χ2v) is 3.38. The highest BCUT2D eigenvalue weighted by molar-refractivity contribution is 5.45. The van der Waals surface area contributed by atoms with Gasteiger partial charge in [-0.25, -0.2) is 0 Å². The van der Waals surface area contributed by atoms with E-state index in [2.05, 4.69) is 6.58 Å². The van der Waals surface area contributed by atoms with E-state index >= 15 is 0 Å². The van der Waals surface area contributed by atoms with Crippen LogP contribution >= 0.6 is 0 Å². The summed E-state index contributed by atoms with van der Waals surface area (Å²) in [6.45, 7) is 7.52. The molecule has 76 valence electrons. The normalized spacial score (nSPS) is 12.3. The Labute approximate surface area is 84.8 Å². The average Bonchev–Trinajstić information content (AvgIpc) is 2.15. The summed E-state index contributed by atoms with van der Waals surface area (Å²) in [5, 5.41) is 9.69. The van der Waals surface area contributed by atoms with Crippen LogP contribution in [0, 0.1) is 13.8 Å². The molecule has 0 aliphatic carbocycles. The van der Waals surface area contributed by atoms with Gasteiger partial charge in [-0.05, 0) is 25.5 Å². The summed E-state index contributed by atoms with van der Waals surface area (Å²) >= 11 is 0. The molecule has 1 aromatic carbocycles. The topological polar surface area (TPSA) is 29.5 Å². The van der Waals surface area contributed by atoms with Crippen LogP contribution in [0.4, 0.5) is 0 Å². The van der Waals surface area contributed by atoms with E-state index in [1.54, 1.807) is 7.11 Å². The molecule has 0 aromatic heterocycles. The summed E-state index contributed by atoms with van der Waals surface area (Å²) in [5.74, 6) is 0.739. The van der Waals surface area contributed by atoms with Gasteiger partial charge in [0.1, 0.15) is 11.9 Å². The second-order valence-electron chi connectivity index (χ2n) is 3.38. The molecular weight excluding hydrogens is 176 g/mol. The van der Waals surface area contributed by atoms with E-state index < -0.39 is 6.10 Å². The molecule has 1 aromatic rings. The van der Waals surface area contributed by atoms with Crippen LogP contribution in [-0.4, -0.2) is 12.2 Å². The molecule has 0 heterocycles. The number of benzene rings is 1. The fraction of sp³-hybridized carbons (Fsp3) is 0.333. The van der Waals surface area contributed by atoms with Crippen molar-refractivity contribution in [2.24, 2.45) is 0 Å². The van der Waals surface area contributed by atoms with Crippen LogP contribution in [0.25, 0.3) is 0 Å². The van der Waals surface area contributed by atoms with Gasteiger partial charge in [0.05, 0.1) is 7.11 Å². The van der Waals surface area contributed by atoms with Gasteiger partial charge in [-0.3, -0.25) is 0 Å². The Balaban J connectivity index is 3.31. The molecule has 0 saturated heterocycles. The first-order chi connectivity index (χ1) is 6.60. The van der Waals surface area contributed by atoms with Crippen molar-refractivity contribution in [1.29, 1.82) is 0 Å². The van der Waals surface area contributed by atoms with Crippen LogP contribution in [0.15, 0.2) is 24.8 Å². The maximum atomic E-state index is 9.69. The third-order valence-electron chi connectivity index (χ3n) is 2.19. The maximum absolute atomic E-state index is 9.69. The van der Waals surface area contributed by atoms with E-state index in [-0.39, 0.29) is 0 Å². The molecule has 0 saturated carbocycles. The van der Waals surface area contributed by atoms with Gasteiger partial charge in [-0.1, -0.05) is 17.7 Å². The van der Waals surface area contributed by atoms with Crippen LogP contribution in [0.1, 0.15) is 22.8 Å². The van der Waals surface area contributed by atoms with Crippen LogP contribution in [0.2, 0.25) is 0 Å². The molecule has 0 spiro atoms. The lowest BCUT2D eigenvalue weighted by atomic mass is 10.0. The minimum Gasteiger partial charge on any atom is -0.496 e. The van der Waals surface area contributed by atoms with Crippen LogP contribution in [-0.2, 0) is 0 Å². The number of rotatable bonds is 3. The summed E-state index contributed by atoms with van der Waals surface area (Å²) < 4.78 is 5.25. The molecule has 14 heavy (non-hydrogen) atoms. The Hall–Kier alpha value is -1.28. The zero-order valence-electron chi connectivity index (χ0n) is 8.87. The summed E-state index contributed by atoms with van der Waals surface area (Å²) in [4.78, 5) is 0. The smallest absolute Gasteiger partial charge is 0.127 e. The molecule has 0 bridgehead atoms. The molecule has 0 aliphatic rings. The van der Waals surface area contributed by atoms with Gasteiger partial charge in [0.15, 0.2) is 0 Å². The first-order valence-corrected chi connectivity index (χ1v) is 4.56. The largest absolute Gasteiger partial charge is 0.496 e. The molecular formula is C12H16O2. The molecule has 2 heteroatoms. The second kappa shape index (κ2) is 4.29. The number of ether oxygens (including phenoxy) is 1. The van der Waals surface area contributed by atoms with E-state index in [0.29, 0.717) is 0 Å². The van der Waals surface area contributed by atoms with E-state index in [4.69, 9.17) is 4.74 Å². The predicted octanol–water partition coefficient (Wildman–Crippen LogP) is 2.53. The summed E-state index contributed by atoms with van der Waals surface area (Å²) in [7, 11) is 1.61. The maximum Gasteiger partial charge on any atom is 0.127 e. The van der Waals surface area contributed by atoms with E-state index in [1.807, 2.05) is 26.0 Å². The molecule has 1 atom stereocenters. The van der Waals surface area contributed by atoms with E-state index in [9.17, 15) is 5.11 Å². The van der Waals surface area contributed by atoms with Gasteiger partial charge in [0.25, 0.3) is 0 Å². The van der Waals surface area contributed by atoms with Gasteiger partial charge in [0.2, 0.25) is 0 Å². The van der Waals surface area contributed by atoms with Crippen molar-refractivity contribution in [3.63, 3.8) is 0 Å². The van der Waals surface area contributed by atoms with Crippen molar-refractivity contribution in [3.05, 3.63) is 41.5 Å². The minimum atomic E-state index is -0.663. The number of hydrogen-bond donors (Lipinski definition) is 1. The van der Waals surface area contributed by atoms with Crippen LogP contribution in [0.3, 0.4) is 0 Å². The van der Waals surface area contributed by atoms with E-state index in [0.717, 1.165) is 22.4 Å². The van der Waals surface area contributed by atoms with E-state index in [1.165, 1.54) is 6.08 Å². The number of aryl methyl sites for hydroxylation is 2. The Morgan fingerprint density at radius 2 is 2.07 bits per heavy atom. The molecule has 1 rings (SSSR count). The SMILES string of the molecule is C=CC(O)c1cc(C)cc(C)c1OC. The van der Waals surface area contributed by atoms with Gasteiger partial charge >= 0.3 is 0 Å². The van der Waals surface area contributed by atoms with Crippen molar-refractivity contribution in [2.75, 3.05) is 7.11 Å². The first kappa shape index (κ1) is 10.8. The number of aliphatic hydroxyl groups is 1. The minimum absolute atomic E-state index is 0.663. The lowest BCUT2D eigenvalue weighted by Crippen LogP contribution is -2.00. The third-order valence-corrected chi connectivity index (χ3v) is 2.19. The summed E-state index contributed by atoms with van der Waals surface area (Å²) in [5.41, 5.74) is 2.92. The van der Waals surface area contributed by atoms with Gasteiger partial charge in [-0.15, -0.1) is 6.58 Å². The fourth-order valence-corrected chi connectivity index (χ4v) is 1.61. The predicted molar refractivity (Wildman–Crippen MR) is 57.6 cm³/mol. The van der Waals surface area contributed by atoms with Crippen molar-refractivity contribution < 1.29 is 9.84 Å². The van der Waals surface area contributed by atoms with Crippen LogP contribution in [0.5, 0.6) is 5.75 Å². The molecule has 0 radical (unpaired) electrons. The number of methoxy groups -OCH3 is 1. The van der Waals surface area contributed by atoms with Crippen molar-refractivity contribution in [2.45, 2.75) is 20.0 Å². The zero-order valence-corrected chi connectivity index (χ0v) is 8.87. The highest BCUT2D eigenvalue weighted by Crippen LogP contribution is 2.30. The Kier molecular flexibility index (Phi) is 3.31. The molecule has 2 nitrogen and oxygen atoms in total. The zero-order chi connectivity index (χ0) is 10.7. The summed E-state index contributed by atoms with van der Waals surface area (Å²) in [6, 6.07) is 3.94. The molecule has 1 N–H and O–H groups in total. The third kappa shape index (κ3) is 1.96. The van der Waals surface area contributed by atoms with Crippen molar-refractivity contribution in [3.8, 4) is 5.75 Å². The standard InChI is InChI=1S/C12H16O2/c1-5-11(13)10-7-8(2)6-9(3)12(10)14-4/h5-7,11,13H,1H2,2-4H3. The lowest BCUT2D eigenvalue weighted by molar-refractivity contribution is 0.223. The Morgan fingerprint density at radius 3 is 2.57 bits per heavy atom. The molecule has 0 aliphatic heterocycles. The van der Waals surface area contributed by atoms with Gasteiger partial charge < -0.3 is 9.84 Å². The lowest BCUT2D eigenvalue weighted by Gasteiger charge is -2.14. The average molecular weight is 192 g/mol. The highest BCUT2D eigenvalue weighted by atomic mass is 16.5. The number of aliphatic hydroxyl groups excluding tert-OH is 1. The summed E-state index contributed by atoms with van der Waals surface area (Å²) in [6.07, 6.45) is 0.833. The quantitative estimate of drug-likeness (QED) is 0.746. The molecule has 1 unspecified atom stereocenters. The monoisotopic (exact) mass is 192 g/mol. The van der Waals surface area contributed by atoms with Crippen molar-refractivity contribution >= 4 is 0 Å². The van der Waals surface area contributed by atoms with Gasteiger partial charge in [-0.2, -0.15) is 0 Å². The Morgan fingerprint density at radius 1 is 1.43 bits per heavy atom. The van der Waals surface area contributed by atoms with Crippen LogP contribution < -0.4 is 4.74 Å². The Bertz CT molecular complexity index is 342. The highest BCUT2D eigenvalue weighted by Gasteiger charge is 2.12. The first-order valence-electron chi connectivity index (χ1n) is 4.56. The van der Waals surface area contributed by atoms with Gasteiger partial charge in [0, 0.05) is 5.56 Å².